The molecule has 1 aliphatic carbocycles. The van der Waals surface area contributed by atoms with Gasteiger partial charge in [-0.05, 0) is 29.2 Å². The number of hydrogen-bond acceptors (Lipinski definition) is 2. The molecule has 1 N–H and O–H groups in total. The van der Waals surface area contributed by atoms with Gasteiger partial charge in [0.1, 0.15) is 6.10 Å². The molecule has 2 aromatic rings. The van der Waals surface area contributed by atoms with Gasteiger partial charge in [-0.2, -0.15) is 0 Å². The second-order valence-corrected chi connectivity index (χ2v) is 4.24. The molecular weight excluding hydrogens is 200 g/mol. The summed E-state index contributed by atoms with van der Waals surface area (Å²) in [6, 6.07) is 11.9. The van der Waals surface area contributed by atoms with E-state index in [1.54, 1.807) is 0 Å². The summed E-state index contributed by atoms with van der Waals surface area (Å²) in [4.78, 5) is 12.0. The fourth-order valence-corrected chi connectivity index (χ4v) is 2.41. The highest BCUT2D eigenvalue weighted by atomic mass is 16.3. The van der Waals surface area contributed by atoms with Gasteiger partial charge in [0, 0.05) is 5.56 Å². The van der Waals surface area contributed by atoms with E-state index in [9.17, 15) is 9.90 Å². The summed E-state index contributed by atoms with van der Waals surface area (Å²) in [5.41, 5.74) is 1.78. The Morgan fingerprint density at radius 1 is 1.12 bits per heavy atom. The van der Waals surface area contributed by atoms with Gasteiger partial charge < -0.3 is 5.11 Å². The zero-order chi connectivity index (χ0) is 11.1. The third-order valence-corrected chi connectivity index (χ3v) is 3.25. The summed E-state index contributed by atoms with van der Waals surface area (Å²) >= 11 is 0. The maximum absolute atomic E-state index is 12.0. The minimum Gasteiger partial charge on any atom is -0.385 e. The molecule has 0 saturated carbocycles. The Labute approximate surface area is 93.5 Å². The van der Waals surface area contributed by atoms with Crippen molar-refractivity contribution in [2.75, 3.05) is 0 Å². The van der Waals surface area contributed by atoms with Crippen molar-refractivity contribution in [2.45, 2.75) is 18.9 Å². The van der Waals surface area contributed by atoms with Gasteiger partial charge in [0.15, 0.2) is 5.78 Å². The van der Waals surface area contributed by atoms with E-state index in [1.165, 1.54) is 0 Å². The van der Waals surface area contributed by atoms with Crippen molar-refractivity contribution in [3.63, 3.8) is 0 Å². The zero-order valence-electron chi connectivity index (χ0n) is 8.81. The van der Waals surface area contributed by atoms with Crippen LogP contribution >= 0.6 is 0 Å². The maximum atomic E-state index is 12.0. The number of benzene rings is 2. The summed E-state index contributed by atoms with van der Waals surface area (Å²) in [5, 5.41) is 11.7. The summed E-state index contributed by atoms with van der Waals surface area (Å²) in [6.45, 7) is 0. The molecule has 0 bridgehead atoms. The zero-order valence-corrected chi connectivity index (χ0v) is 8.81. The number of carbonyl (C=O) groups excluding carboxylic acids is 1. The predicted octanol–water partition coefficient (Wildman–Crippen LogP) is 2.33. The predicted molar refractivity (Wildman–Crippen MR) is 62.6 cm³/mol. The summed E-state index contributed by atoms with van der Waals surface area (Å²) in [5.74, 6) is -0.127. The third-order valence-electron chi connectivity index (χ3n) is 3.25. The highest BCUT2D eigenvalue weighted by Crippen LogP contribution is 2.28. The molecule has 0 aliphatic heterocycles. The van der Waals surface area contributed by atoms with Gasteiger partial charge >= 0.3 is 0 Å². The van der Waals surface area contributed by atoms with E-state index in [0.717, 1.165) is 28.3 Å². The number of fused-ring (bicyclic) bond motifs is 3. The normalized spacial score (nSPS) is 19.8. The molecule has 2 heteroatoms. The van der Waals surface area contributed by atoms with Crippen molar-refractivity contribution in [2.24, 2.45) is 0 Å². The molecular formula is C14H12O2. The van der Waals surface area contributed by atoms with E-state index in [1.807, 2.05) is 36.4 Å². The molecule has 1 aliphatic rings. The van der Waals surface area contributed by atoms with Gasteiger partial charge in [0.2, 0.25) is 0 Å². The van der Waals surface area contributed by atoms with Crippen LogP contribution in [0, 0.1) is 0 Å². The van der Waals surface area contributed by atoms with Crippen molar-refractivity contribution in [1.82, 2.24) is 0 Å². The molecule has 0 fully saturated rings. The highest BCUT2D eigenvalue weighted by molar-refractivity contribution is 6.12. The van der Waals surface area contributed by atoms with E-state index >= 15 is 0 Å². The fourth-order valence-electron chi connectivity index (χ4n) is 2.41. The van der Waals surface area contributed by atoms with E-state index in [-0.39, 0.29) is 5.78 Å². The molecule has 16 heavy (non-hydrogen) atoms. The Bertz CT molecular complexity index is 572. The first-order valence-electron chi connectivity index (χ1n) is 5.50. The standard InChI is InChI=1S/C14H12O2/c15-12-8-7-10-6-5-9-3-1-2-4-11(9)13(10)14(12)16/h1-6,12,15H,7-8H2. The minimum atomic E-state index is -0.821. The first kappa shape index (κ1) is 9.55. The molecule has 2 aromatic carbocycles. The Morgan fingerprint density at radius 3 is 2.81 bits per heavy atom. The largest absolute Gasteiger partial charge is 0.385 e. The first-order valence-corrected chi connectivity index (χ1v) is 5.50. The lowest BCUT2D eigenvalue weighted by Gasteiger charge is -2.20. The molecule has 2 nitrogen and oxygen atoms in total. The Morgan fingerprint density at radius 2 is 1.94 bits per heavy atom. The van der Waals surface area contributed by atoms with E-state index < -0.39 is 6.10 Å². The monoisotopic (exact) mass is 212 g/mol. The Kier molecular flexibility index (Phi) is 2.04. The average Bonchev–Trinajstić information content (AvgIpc) is 2.33. The summed E-state index contributed by atoms with van der Waals surface area (Å²) in [7, 11) is 0. The minimum absolute atomic E-state index is 0.127. The second kappa shape index (κ2) is 3.42. The average molecular weight is 212 g/mol. The Balaban J connectivity index is 2.36. The van der Waals surface area contributed by atoms with Crippen molar-refractivity contribution < 1.29 is 9.90 Å². The van der Waals surface area contributed by atoms with Gasteiger partial charge in [0.05, 0.1) is 0 Å². The van der Waals surface area contributed by atoms with Gasteiger partial charge in [-0.3, -0.25) is 4.79 Å². The van der Waals surface area contributed by atoms with Crippen LogP contribution in [0.4, 0.5) is 0 Å². The lowest BCUT2D eigenvalue weighted by atomic mass is 9.85. The van der Waals surface area contributed by atoms with Crippen LogP contribution in [0.15, 0.2) is 36.4 Å². The second-order valence-electron chi connectivity index (χ2n) is 4.24. The molecule has 80 valence electrons. The first-order chi connectivity index (χ1) is 7.77. The number of aryl methyl sites for hydroxylation is 1. The van der Waals surface area contributed by atoms with E-state index in [2.05, 4.69) is 0 Å². The Hall–Kier alpha value is -1.67. The van der Waals surface area contributed by atoms with Gasteiger partial charge in [-0.15, -0.1) is 0 Å². The summed E-state index contributed by atoms with van der Waals surface area (Å²) < 4.78 is 0. The maximum Gasteiger partial charge on any atom is 0.192 e. The topological polar surface area (TPSA) is 37.3 Å². The van der Waals surface area contributed by atoms with Crippen LogP contribution in [0.3, 0.4) is 0 Å². The molecule has 0 spiro atoms. The quantitative estimate of drug-likeness (QED) is 0.727. The molecule has 3 rings (SSSR count). The van der Waals surface area contributed by atoms with E-state index in [0.29, 0.717) is 6.42 Å². The van der Waals surface area contributed by atoms with Gasteiger partial charge in [-0.25, -0.2) is 0 Å². The number of rotatable bonds is 0. The fraction of sp³-hybridized carbons (Fsp3) is 0.214. The lowest BCUT2D eigenvalue weighted by Crippen LogP contribution is -2.27. The van der Waals surface area contributed by atoms with Crippen LogP contribution in [-0.2, 0) is 6.42 Å². The van der Waals surface area contributed by atoms with Crippen molar-refractivity contribution in [1.29, 1.82) is 0 Å². The van der Waals surface area contributed by atoms with Crippen molar-refractivity contribution >= 4 is 16.6 Å². The van der Waals surface area contributed by atoms with Crippen LogP contribution < -0.4 is 0 Å². The molecule has 0 amide bonds. The number of hydrogen-bond donors (Lipinski definition) is 1. The van der Waals surface area contributed by atoms with Crippen molar-refractivity contribution in [3.8, 4) is 0 Å². The van der Waals surface area contributed by atoms with Crippen LogP contribution in [0.5, 0.6) is 0 Å². The van der Waals surface area contributed by atoms with E-state index in [4.69, 9.17) is 0 Å². The third kappa shape index (κ3) is 1.27. The van der Waals surface area contributed by atoms with Crippen LogP contribution in [0.2, 0.25) is 0 Å². The number of aliphatic hydroxyl groups excluding tert-OH is 1. The number of carbonyl (C=O) groups is 1. The lowest BCUT2D eigenvalue weighted by molar-refractivity contribution is 0.0715. The molecule has 0 radical (unpaired) electrons. The van der Waals surface area contributed by atoms with Crippen LogP contribution in [0.1, 0.15) is 22.3 Å². The van der Waals surface area contributed by atoms with Gasteiger partial charge in [0.25, 0.3) is 0 Å². The number of aliphatic hydroxyl groups is 1. The smallest absolute Gasteiger partial charge is 0.192 e. The SMILES string of the molecule is O=C1c2c(ccc3ccccc23)CCC1O. The summed E-state index contributed by atoms with van der Waals surface area (Å²) in [6.07, 6.45) is 0.510. The number of ketones is 1. The van der Waals surface area contributed by atoms with Crippen LogP contribution in [0.25, 0.3) is 10.8 Å². The van der Waals surface area contributed by atoms with Crippen molar-refractivity contribution in [3.05, 3.63) is 47.5 Å². The highest BCUT2D eigenvalue weighted by Gasteiger charge is 2.26. The number of Topliss-reactive ketones (excluding diaryl/α,β-unsaturated/α-hetero) is 1. The molecule has 0 saturated heterocycles. The van der Waals surface area contributed by atoms with Gasteiger partial charge in [-0.1, -0.05) is 36.4 Å². The molecule has 1 unspecified atom stereocenters. The molecule has 0 aromatic heterocycles. The molecule has 0 heterocycles. The van der Waals surface area contributed by atoms with Crippen LogP contribution in [-0.4, -0.2) is 17.0 Å². The molecule has 1 atom stereocenters.